The van der Waals surface area contributed by atoms with Gasteiger partial charge in [0.25, 0.3) is 5.91 Å². The molecular formula is C16H13ClF3N3O4. The zero-order valence-corrected chi connectivity index (χ0v) is 14.5. The third-order valence-corrected chi connectivity index (χ3v) is 3.52. The Kier molecular flexibility index (Phi) is 6.24. The molecule has 0 atom stereocenters. The second kappa shape index (κ2) is 8.23. The van der Waals surface area contributed by atoms with E-state index in [2.05, 4.69) is 10.4 Å². The third kappa shape index (κ3) is 4.86. The number of halogens is 4. The first-order chi connectivity index (χ1) is 12.6. The molecule has 2 N–H and O–H groups in total. The molecule has 0 bridgehead atoms. The normalized spacial score (nSPS) is 11.1. The molecule has 0 unspecified atom stereocenters. The molecule has 0 spiro atoms. The number of amides is 1. The van der Waals surface area contributed by atoms with Gasteiger partial charge < -0.3 is 9.84 Å². The number of nitrogens with one attached hydrogen (secondary N) is 1. The van der Waals surface area contributed by atoms with E-state index in [0.29, 0.717) is 5.02 Å². The quantitative estimate of drug-likeness (QED) is 0.700. The van der Waals surface area contributed by atoms with E-state index in [9.17, 15) is 18.0 Å². The minimum atomic E-state index is -5.08. The fraction of sp³-hybridized carbons (Fsp3) is 0.188. The Morgan fingerprint density at radius 1 is 1.26 bits per heavy atom. The van der Waals surface area contributed by atoms with Crippen molar-refractivity contribution in [2.45, 2.75) is 6.18 Å². The van der Waals surface area contributed by atoms with Gasteiger partial charge in [-0.05, 0) is 18.2 Å². The van der Waals surface area contributed by atoms with E-state index in [4.69, 9.17) is 26.2 Å². The first kappa shape index (κ1) is 20.5. The summed E-state index contributed by atoms with van der Waals surface area (Å²) in [5.74, 6) is -3.00. The molecule has 0 fully saturated rings. The van der Waals surface area contributed by atoms with E-state index < -0.39 is 12.1 Å². The molecule has 11 heteroatoms. The Hall–Kier alpha value is -2.85. The van der Waals surface area contributed by atoms with Crippen molar-refractivity contribution >= 4 is 45.3 Å². The van der Waals surface area contributed by atoms with E-state index >= 15 is 0 Å². The average molecular weight is 404 g/mol. The summed E-state index contributed by atoms with van der Waals surface area (Å²) in [5, 5.41) is 9.74. The van der Waals surface area contributed by atoms with Crippen LogP contribution in [0.25, 0.3) is 21.8 Å². The summed E-state index contributed by atoms with van der Waals surface area (Å²) in [4.78, 5) is 24.8. The third-order valence-electron chi connectivity index (χ3n) is 3.29. The number of carboxylic acid groups (broad SMARTS) is 1. The van der Waals surface area contributed by atoms with Gasteiger partial charge in [0, 0.05) is 29.1 Å². The highest BCUT2D eigenvalue weighted by molar-refractivity contribution is 6.31. The molecule has 2 heterocycles. The minimum absolute atomic E-state index is 0.0119. The second-order valence-corrected chi connectivity index (χ2v) is 5.60. The largest absolute Gasteiger partial charge is 0.490 e. The van der Waals surface area contributed by atoms with Crippen LogP contribution in [0.5, 0.6) is 0 Å². The number of aromatic nitrogens is 2. The molecule has 0 saturated heterocycles. The number of pyridine rings is 1. The highest BCUT2D eigenvalue weighted by Crippen LogP contribution is 2.29. The summed E-state index contributed by atoms with van der Waals surface area (Å²) in [6.45, 7) is -0.0119. The van der Waals surface area contributed by atoms with Gasteiger partial charge in [0.15, 0.2) is 0 Å². The van der Waals surface area contributed by atoms with Gasteiger partial charge in [-0.15, -0.1) is 0 Å². The van der Waals surface area contributed by atoms with Crippen molar-refractivity contribution in [2.75, 3.05) is 19.1 Å². The summed E-state index contributed by atoms with van der Waals surface area (Å²) >= 11 is 6.05. The zero-order valence-electron chi connectivity index (χ0n) is 13.7. The van der Waals surface area contributed by atoms with E-state index in [1.807, 2.05) is 24.3 Å². The lowest BCUT2D eigenvalue weighted by atomic mass is 10.2. The summed E-state index contributed by atoms with van der Waals surface area (Å²) < 4.78 is 38.3. The van der Waals surface area contributed by atoms with E-state index in [0.717, 1.165) is 21.8 Å². The van der Waals surface area contributed by atoms with Gasteiger partial charge in [0.1, 0.15) is 6.61 Å². The number of nitrogens with zero attached hydrogens (tertiary/aromatic N) is 2. The predicted molar refractivity (Wildman–Crippen MR) is 92.2 cm³/mol. The maximum atomic E-state index is 11.8. The van der Waals surface area contributed by atoms with Crippen LogP contribution in [0.2, 0.25) is 5.02 Å². The Morgan fingerprint density at radius 2 is 1.89 bits per heavy atom. The SMILES string of the molecule is COCC(=O)Nn1c2cnccc2c2ccc(Cl)cc21.O=C(O)C(F)(F)F. The Balaban J connectivity index is 0.000000321. The van der Waals surface area contributed by atoms with Crippen LogP contribution in [0, 0.1) is 0 Å². The molecule has 0 aliphatic rings. The lowest BCUT2D eigenvalue weighted by Gasteiger charge is -2.08. The molecule has 3 rings (SSSR count). The van der Waals surface area contributed by atoms with Gasteiger partial charge in [0.05, 0.1) is 17.2 Å². The number of carbonyl (C=O) groups is 2. The van der Waals surface area contributed by atoms with Gasteiger partial charge in [-0.25, -0.2) is 4.79 Å². The monoisotopic (exact) mass is 403 g/mol. The number of hydrogen-bond acceptors (Lipinski definition) is 4. The number of ether oxygens (including phenoxy) is 1. The van der Waals surface area contributed by atoms with Gasteiger partial charge >= 0.3 is 12.1 Å². The number of hydrogen-bond donors (Lipinski definition) is 2. The Morgan fingerprint density at radius 3 is 2.48 bits per heavy atom. The number of methoxy groups -OCH3 is 1. The minimum Gasteiger partial charge on any atom is -0.475 e. The van der Waals surface area contributed by atoms with Crippen LogP contribution in [0.3, 0.4) is 0 Å². The molecule has 144 valence electrons. The number of fused-ring (bicyclic) bond motifs is 3. The molecule has 27 heavy (non-hydrogen) atoms. The maximum absolute atomic E-state index is 11.8. The molecule has 0 aliphatic heterocycles. The lowest BCUT2D eigenvalue weighted by molar-refractivity contribution is -0.192. The van der Waals surface area contributed by atoms with Gasteiger partial charge in [-0.1, -0.05) is 17.7 Å². The first-order valence-electron chi connectivity index (χ1n) is 7.27. The maximum Gasteiger partial charge on any atom is 0.490 e. The molecular weight excluding hydrogens is 391 g/mol. The van der Waals surface area contributed by atoms with E-state index in [-0.39, 0.29) is 12.5 Å². The van der Waals surface area contributed by atoms with Crippen LogP contribution in [0.1, 0.15) is 0 Å². The Bertz CT molecular complexity index is 988. The Labute approximate surface area is 155 Å². The summed E-state index contributed by atoms with van der Waals surface area (Å²) in [6.07, 6.45) is -1.66. The molecule has 2 aromatic heterocycles. The number of carboxylic acids is 1. The summed E-state index contributed by atoms with van der Waals surface area (Å²) in [7, 11) is 1.48. The zero-order chi connectivity index (χ0) is 20.2. The van der Waals surface area contributed by atoms with Crippen molar-refractivity contribution in [1.29, 1.82) is 0 Å². The van der Waals surface area contributed by atoms with Crippen LogP contribution in [0.15, 0.2) is 36.7 Å². The molecule has 3 aromatic rings. The molecule has 1 amide bonds. The highest BCUT2D eigenvalue weighted by atomic mass is 35.5. The highest BCUT2D eigenvalue weighted by Gasteiger charge is 2.38. The number of benzene rings is 1. The summed E-state index contributed by atoms with van der Waals surface area (Å²) in [5.41, 5.74) is 4.43. The fourth-order valence-corrected chi connectivity index (χ4v) is 2.41. The molecule has 7 nitrogen and oxygen atoms in total. The van der Waals surface area contributed by atoms with Crippen LogP contribution in [-0.4, -0.2) is 46.5 Å². The second-order valence-electron chi connectivity index (χ2n) is 5.16. The number of aliphatic carboxylic acids is 1. The van der Waals surface area contributed by atoms with Gasteiger partial charge in [-0.2, -0.15) is 13.2 Å². The van der Waals surface area contributed by atoms with Gasteiger partial charge in [-0.3, -0.25) is 19.9 Å². The topological polar surface area (TPSA) is 93.5 Å². The van der Waals surface area contributed by atoms with Crippen molar-refractivity contribution in [1.82, 2.24) is 9.66 Å². The van der Waals surface area contributed by atoms with Crippen molar-refractivity contribution in [3.8, 4) is 0 Å². The fourth-order valence-electron chi connectivity index (χ4n) is 2.25. The number of carbonyl (C=O) groups excluding carboxylic acids is 1. The molecule has 0 saturated carbocycles. The first-order valence-corrected chi connectivity index (χ1v) is 7.65. The average Bonchev–Trinajstić information content (AvgIpc) is 2.88. The standard InChI is InChI=1S/C14H12ClN3O2.C2HF3O2/c1-20-8-14(19)17-18-12-6-9(15)2-3-10(12)11-4-5-16-7-13(11)18;3-2(4,5)1(6)7/h2-7H,8H2,1H3,(H,17,19);(H,6,7). The van der Waals surface area contributed by atoms with E-state index in [1.165, 1.54) is 7.11 Å². The van der Waals surface area contributed by atoms with Gasteiger partial charge in [0.2, 0.25) is 0 Å². The summed E-state index contributed by atoms with van der Waals surface area (Å²) in [6, 6.07) is 7.47. The molecule has 0 aliphatic carbocycles. The van der Waals surface area contributed by atoms with Crippen LogP contribution >= 0.6 is 11.6 Å². The van der Waals surface area contributed by atoms with E-state index in [1.54, 1.807) is 17.1 Å². The predicted octanol–water partition coefficient (Wildman–Crippen LogP) is 3.19. The van der Waals surface area contributed by atoms with Crippen LogP contribution < -0.4 is 5.43 Å². The number of rotatable bonds is 3. The van der Waals surface area contributed by atoms with Crippen molar-refractivity contribution in [3.05, 3.63) is 41.7 Å². The molecule has 0 radical (unpaired) electrons. The van der Waals surface area contributed by atoms with Crippen molar-refractivity contribution < 1.29 is 32.6 Å². The lowest BCUT2D eigenvalue weighted by Crippen LogP contribution is -2.26. The smallest absolute Gasteiger partial charge is 0.475 e. The van der Waals surface area contributed by atoms with Crippen LogP contribution in [-0.2, 0) is 14.3 Å². The van der Waals surface area contributed by atoms with Crippen molar-refractivity contribution in [2.24, 2.45) is 0 Å². The van der Waals surface area contributed by atoms with Crippen LogP contribution in [0.4, 0.5) is 13.2 Å². The van der Waals surface area contributed by atoms with Crippen molar-refractivity contribution in [3.63, 3.8) is 0 Å². The molecule has 1 aromatic carbocycles. The number of alkyl halides is 3.